The molecule has 0 radical (unpaired) electrons. The quantitative estimate of drug-likeness (QED) is 0.457. The van der Waals surface area contributed by atoms with Gasteiger partial charge in [0.25, 0.3) is 0 Å². The number of benzene rings is 2. The molecule has 0 N–H and O–H groups in total. The molecule has 0 atom stereocenters. The average Bonchev–Trinajstić information content (AvgIpc) is 2.58. The molecule has 4 heteroatoms. The molecule has 0 aliphatic carbocycles. The highest BCUT2D eigenvalue weighted by atomic mass is 16.5. The van der Waals surface area contributed by atoms with Crippen molar-refractivity contribution >= 4 is 11.9 Å². The maximum absolute atomic E-state index is 11.8. The minimum atomic E-state index is -0.497. The Balaban J connectivity index is 2.28. The maximum Gasteiger partial charge on any atom is 0.338 e. The summed E-state index contributed by atoms with van der Waals surface area (Å²) in [5.74, 6) is 0.0674. The molecule has 0 heterocycles. The molecule has 2 aromatic rings. The number of ether oxygens (including phenoxy) is 2. The lowest BCUT2D eigenvalue weighted by Crippen LogP contribution is -2.10. The molecule has 0 unspecified atom stereocenters. The highest BCUT2D eigenvalue weighted by Crippen LogP contribution is 2.31. The topological polar surface area (TPSA) is 52.6 Å². The van der Waals surface area contributed by atoms with Gasteiger partial charge in [-0.1, -0.05) is 25.3 Å². The van der Waals surface area contributed by atoms with Crippen molar-refractivity contribution in [3.63, 3.8) is 0 Å². The second-order valence-electron chi connectivity index (χ2n) is 5.76. The first-order valence-corrected chi connectivity index (χ1v) is 7.75. The van der Waals surface area contributed by atoms with Crippen LogP contribution in [0.2, 0.25) is 0 Å². The molecule has 0 aliphatic rings. The molecule has 4 nitrogen and oxygen atoms in total. The first-order valence-electron chi connectivity index (χ1n) is 7.75. The predicted molar refractivity (Wildman–Crippen MR) is 97.6 cm³/mol. The van der Waals surface area contributed by atoms with Crippen molar-refractivity contribution in [2.24, 2.45) is 0 Å². The molecule has 0 amide bonds. The number of hydrogen-bond donors (Lipinski definition) is 0. The van der Waals surface area contributed by atoms with E-state index < -0.39 is 11.9 Å². The fourth-order valence-electron chi connectivity index (χ4n) is 2.33. The molecule has 0 aromatic heterocycles. The minimum absolute atomic E-state index is 0.354. The number of carbonyl (C=O) groups excluding carboxylic acids is 2. The van der Waals surface area contributed by atoms with E-state index in [9.17, 15) is 9.59 Å². The Morgan fingerprint density at radius 3 is 2.00 bits per heavy atom. The zero-order valence-electron chi connectivity index (χ0n) is 14.6. The number of rotatable bonds is 5. The molecule has 0 saturated carbocycles. The monoisotopic (exact) mass is 336 g/mol. The van der Waals surface area contributed by atoms with Crippen molar-refractivity contribution in [1.82, 2.24) is 0 Å². The molecule has 0 spiro atoms. The molecule has 0 saturated heterocycles. The Morgan fingerprint density at radius 2 is 1.52 bits per heavy atom. The largest absolute Gasteiger partial charge is 0.423 e. The van der Waals surface area contributed by atoms with E-state index in [0.717, 1.165) is 28.3 Å². The van der Waals surface area contributed by atoms with Crippen LogP contribution in [0.5, 0.6) is 11.5 Å². The fraction of sp³-hybridized carbons (Fsp3) is 0.143. The van der Waals surface area contributed by atoms with Gasteiger partial charge in [0.1, 0.15) is 11.5 Å². The second kappa shape index (κ2) is 7.62. The van der Waals surface area contributed by atoms with Crippen LogP contribution in [0.15, 0.2) is 61.2 Å². The van der Waals surface area contributed by atoms with Gasteiger partial charge >= 0.3 is 11.9 Å². The lowest BCUT2D eigenvalue weighted by molar-refractivity contribution is -0.130. The van der Waals surface area contributed by atoms with E-state index in [1.54, 1.807) is 19.1 Å². The Labute approximate surface area is 147 Å². The van der Waals surface area contributed by atoms with E-state index in [1.165, 1.54) is 0 Å². The van der Waals surface area contributed by atoms with E-state index in [2.05, 4.69) is 13.2 Å². The SMILES string of the molecule is C=CC(=O)Oc1ccc(-c2cc(C)c(OC(=O)C(=C)C)c(C)c2)cc1. The summed E-state index contributed by atoms with van der Waals surface area (Å²) in [6.07, 6.45) is 1.12. The van der Waals surface area contributed by atoms with Crippen LogP contribution in [0.25, 0.3) is 11.1 Å². The van der Waals surface area contributed by atoms with Crippen molar-refractivity contribution in [2.45, 2.75) is 20.8 Å². The summed E-state index contributed by atoms with van der Waals surface area (Å²) in [6.45, 7) is 12.3. The van der Waals surface area contributed by atoms with Crippen LogP contribution in [0.1, 0.15) is 18.1 Å². The van der Waals surface area contributed by atoms with Crippen LogP contribution >= 0.6 is 0 Å². The minimum Gasteiger partial charge on any atom is -0.423 e. The van der Waals surface area contributed by atoms with Gasteiger partial charge in [-0.15, -0.1) is 0 Å². The zero-order valence-corrected chi connectivity index (χ0v) is 14.6. The summed E-state index contributed by atoms with van der Waals surface area (Å²) < 4.78 is 10.5. The molecule has 2 rings (SSSR count). The van der Waals surface area contributed by atoms with Crippen molar-refractivity contribution in [3.05, 3.63) is 72.3 Å². The fourth-order valence-corrected chi connectivity index (χ4v) is 2.33. The predicted octanol–water partition coefficient (Wildman–Crippen LogP) is 4.54. The van der Waals surface area contributed by atoms with E-state index in [4.69, 9.17) is 9.47 Å². The summed E-state index contributed by atoms with van der Waals surface area (Å²) in [4.78, 5) is 23.0. The van der Waals surface area contributed by atoms with Crippen molar-refractivity contribution in [1.29, 1.82) is 0 Å². The van der Waals surface area contributed by atoms with E-state index in [1.807, 2.05) is 38.1 Å². The molecule has 25 heavy (non-hydrogen) atoms. The number of esters is 2. The maximum atomic E-state index is 11.8. The number of aryl methyl sites for hydroxylation is 2. The average molecular weight is 336 g/mol. The van der Waals surface area contributed by atoms with Gasteiger partial charge in [0, 0.05) is 11.6 Å². The van der Waals surface area contributed by atoms with Crippen LogP contribution in [0, 0.1) is 13.8 Å². The standard InChI is InChI=1S/C21H20O4/c1-6-19(22)24-18-9-7-16(8-10-18)17-11-14(4)20(15(5)12-17)25-21(23)13(2)3/h6-12H,1-2H2,3-5H3. The summed E-state index contributed by atoms with van der Waals surface area (Å²) in [5.41, 5.74) is 4.00. The summed E-state index contributed by atoms with van der Waals surface area (Å²) in [5, 5.41) is 0. The van der Waals surface area contributed by atoms with Crippen LogP contribution < -0.4 is 9.47 Å². The third-order valence-electron chi connectivity index (χ3n) is 3.58. The van der Waals surface area contributed by atoms with E-state index >= 15 is 0 Å². The highest BCUT2D eigenvalue weighted by Gasteiger charge is 2.13. The van der Waals surface area contributed by atoms with Gasteiger partial charge < -0.3 is 9.47 Å². The van der Waals surface area contributed by atoms with Crippen molar-refractivity contribution in [3.8, 4) is 22.6 Å². The smallest absolute Gasteiger partial charge is 0.338 e. The normalized spacial score (nSPS) is 10.0. The second-order valence-corrected chi connectivity index (χ2v) is 5.76. The summed E-state index contributed by atoms with van der Waals surface area (Å²) in [7, 11) is 0. The third-order valence-corrected chi connectivity index (χ3v) is 3.58. The Kier molecular flexibility index (Phi) is 5.55. The third kappa shape index (κ3) is 4.44. The molecule has 0 aliphatic heterocycles. The first-order chi connectivity index (χ1) is 11.8. The molecule has 0 bridgehead atoms. The Hall–Kier alpha value is -3.14. The highest BCUT2D eigenvalue weighted by molar-refractivity contribution is 5.89. The number of carbonyl (C=O) groups is 2. The van der Waals surface area contributed by atoms with E-state index in [0.29, 0.717) is 17.1 Å². The zero-order chi connectivity index (χ0) is 18.6. The molecular formula is C21H20O4. The van der Waals surface area contributed by atoms with Gasteiger partial charge in [-0.05, 0) is 67.3 Å². The van der Waals surface area contributed by atoms with Crippen molar-refractivity contribution < 1.29 is 19.1 Å². The van der Waals surface area contributed by atoms with Gasteiger partial charge in [0.2, 0.25) is 0 Å². The van der Waals surface area contributed by atoms with E-state index in [-0.39, 0.29) is 0 Å². The van der Waals surface area contributed by atoms with Crippen molar-refractivity contribution in [2.75, 3.05) is 0 Å². The van der Waals surface area contributed by atoms with Crippen LogP contribution in [0.3, 0.4) is 0 Å². The van der Waals surface area contributed by atoms with Gasteiger partial charge in [-0.25, -0.2) is 9.59 Å². The molecule has 0 fully saturated rings. The van der Waals surface area contributed by atoms with Gasteiger partial charge in [0.15, 0.2) is 0 Å². The summed E-state index contributed by atoms with van der Waals surface area (Å²) >= 11 is 0. The van der Waals surface area contributed by atoms with Gasteiger partial charge in [-0.2, -0.15) is 0 Å². The Morgan fingerprint density at radius 1 is 0.960 bits per heavy atom. The van der Waals surface area contributed by atoms with Gasteiger partial charge in [-0.3, -0.25) is 0 Å². The summed E-state index contributed by atoms with van der Waals surface area (Å²) in [6, 6.07) is 11.0. The van der Waals surface area contributed by atoms with Crippen LogP contribution in [0.4, 0.5) is 0 Å². The Bertz CT molecular complexity index is 822. The first kappa shape index (κ1) is 18.2. The lowest BCUT2D eigenvalue weighted by atomic mass is 9.99. The molecule has 2 aromatic carbocycles. The van der Waals surface area contributed by atoms with Crippen LogP contribution in [-0.4, -0.2) is 11.9 Å². The molecular weight excluding hydrogens is 316 g/mol. The molecule has 128 valence electrons. The van der Waals surface area contributed by atoms with Gasteiger partial charge in [0.05, 0.1) is 0 Å². The lowest BCUT2D eigenvalue weighted by Gasteiger charge is -2.13. The number of hydrogen-bond acceptors (Lipinski definition) is 4. The van der Waals surface area contributed by atoms with Crippen LogP contribution in [-0.2, 0) is 9.59 Å².